The van der Waals surface area contributed by atoms with Crippen LogP contribution in [0.1, 0.15) is 60.1 Å². The first-order valence-corrected chi connectivity index (χ1v) is 10.2. The minimum Gasteiger partial charge on any atom is -0.338 e. The molecule has 5 heteroatoms. The summed E-state index contributed by atoms with van der Waals surface area (Å²) >= 11 is 0. The van der Waals surface area contributed by atoms with Crippen LogP contribution in [0.3, 0.4) is 0 Å². The number of rotatable bonds is 4. The first kappa shape index (κ1) is 18.2. The van der Waals surface area contributed by atoms with Crippen LogP contribution in [0.2, 0.25) is 0 Å². The predicted molar refractivity (Wildman–Crippen MR) is 107 cm³/mol. The number of aromatic amines is 1. The van der Waals surface area contributed by atoms with E-state index in [1.165, 1.54) is 12.0 Å². The van der Waals surface area contributed by atoms with Crippen LogP contribution < -0.4 is 0 Å². The Morgan fingerprint density at radius 3 is 2.70 bits per heavy atom. The number of carbonyl (C=O) groups is 1. The predicted octanol–water partition coefficient (Wildman–Crippen LogP) is 3.46. The highest BCUT2D eigenvalue weighted by Gasteiger charge is 2.46. The first-order chi connectivity index (χ1) is 13.1. The third kappa shape index (κ3) is 3.41. The van der Waals surface area contributed by atoms with Crippen LogP contribution >= 0.6 is 0 Å². The van der Waals surface area contributed by atoms with Crippen LogP contribution in [0.25, 0.3) is 0 Å². The van der Waals surface area contributed by atoms with Gasteiger partial charge < -0.3 is 4.90 Å². The van der Waals surface area contributed by atoms with E-state index in [1.54, 1.807) is 6.20 Å². The number of H-pyrrole nitrogens is 1. The number of likely N-dealkylation sites (tertiary alicyclic amines) is 2. The average Bonchev–Trinajstić information content (AvgIpc) is 3.28. The highest BCUT2D eigenvalue weighted by Crippen LogP contribution is 2.44. The molecule has 0 saturated carbocycles. The molecule has 0 aliphatic carbocycles. The Morgan fingerprint density at radius 2 is 2.00 bits per heavy atom. The maximum atomic E-state index is 13.0. The molecule has 0 radical (unpaired) electrons. The van der Waals surface area contributed by atoms with Crippen molar-refractivity contribution in [2.45, 2.75) is 50.5 Å². The summed E-state index contributed by atoms with van der Waals surface area (Å²) in [7, 11) is 2.26. The molecule has 144 valence electrons. The van der Waals surface area contributed by atoms with Crippen LogP contribution in [0.5, 0.6) is 0 Å². The van der Waals surface area contributed by atoms with Gasteiger partial charge in [0, 0.05) is 30.9 Å². The molecule has 2 aromatic rings. The van der Waals surface area contributed by atoms with Crippen molar-refractivity contribution in [2.75, 3.05) is 26.7 Å². The molecule has 5 nitrogen and oxygen atoms in total. The molecular weight excluding hydrogens is 336 g/mol. The number of hydrogen-bond acceptors (Lipinski definition) is 3. The summed E-state index contributed by atoms with van der Waals surface area (Å²) in [5, 5.41) is 7.10. The van der Waals surface area contributed by atoms with Crippen LogP contribution in [-0.2, 0) is 6.42 Å². The van der Waals surface area contributed by atoms with Crippen molar-refractivity contribution < 1.29 is 4.79 Å². The minimum atomic E-state index is 0.141. The Balaban J connectivity index is 1.42. The monoisotopic (exact) mass is 366 g/mol. The molecule has 2 saturated heterocycles. The fraction of sp³-hybridized carbons (Fsp3) is 0.545. The zero-order valence-corrected chi connectivity index (χ0v) is 16.4. The smallest absolute Gasteiger partial charge is 0.257 e. The molecule has 1 amide bonds. The maximum Gasteiger partial charge on any atom is 0.257 e. The molecule has 27 heavy (non-hydrogen) atoms. The van der Waals surface area contributed by atoms with Gasteiger partial charge in [-0.15, -0.1) is 0 Å². The second kappa shape index (κ2) is 7.47. The topological polar surface area (TPSA) is 52.2 Å². The lowest BCUT2D eigenvalue weighted by molar-refractivity contribution is 0.0491. The summed E-state index contributed by atoms with van der Waals surface area (Å²) in [5.74, 6) is 0.741. The number of carbonyl (C=O) groups excluding carboxylic acids is 1. The molecule has 1 aromatic heterocycles. The van der Waals surface area contributed by atoms with Crippen molar-refractivity contribution in [3.8, 4) is 0 Å². The third-order valence-electron chi connectivity index (χ3n) is 6.63. The van der Waals surface area contributed by atoms with E-state index in [0.29, 0.717) is 5.92 Å². The Labute approximate surface area is 161 Å². The van der Waals surface area contributed by atoms with E-state index in [2.05, 4.69) is 59.4 Å². The number of likely N-dealkylation sites (N-methyl/N-ethyl adjacent to an activating group) is 1. The zero-order chi connectivity index (χ0) is 18.9. The average molecular weight is 367 g/mol. The Morgan fingerprint density at radius 1 is 1.26 bits per heavy atom. The number of aromatic nitrogens is 2. The molecule has 3 heterocycles. The number of benzene rings is 1. The van der Waals surface area contributed by atoms with E-state index in [9.17, 15) is 4.79 Å². The van der Waals surface area contributed by atoms with Gasteiger partial charge in [0.25, 0.3) is 5.91 Å². The highest BCUT2D eigenvalue weighted by atomic mass is 16.2. The van der Waals surface area contributed by atoms with Crippen molar-refractivity contribution in [2.24, 2.45) is 0 Å². The lowest BCUT2D eigenvalue weighted by Gasteiger charge is -2.43. The zero-order valence-electron chi connectivity index (χ0n) is 16.4. The molecule has 2 aliphatic heterocycles. The fourth-order valence-corrected chi connectivity index (χ4v) is 4.97. The van der Waals surface area contributed by atoms with Crippen LogP contribution in [-0.4, -0.2) is 58.1 Å². The molecular formula is C22H30N4O. The lowest BCUT2D eigenvalue weighted by Crippen LogP contribution is -2.52. The quantitative estimate of drug-likeness (QED) is 0.902. The van der Waals surface area contributed by atoms with E-state index in [0.717, 1.165) is 56.6 Å². The molecule has 1 aromatic carbocycles. The lowest BCUT2D eigenvalue weighted by atomic mass is 9.81. The van der Waals surface area contributed by atoms with E-state index in [-0.39, 0.29) is 11.4 Å². The molecule has 1 N–H and O–H groups in total. The number of nitrogens with zero attached hydrogens (tertiary/aromatic N) is 3. The summed E-state index contributed by atoms with van der Waals surface area (Å²) in [5.41, 5.74) is 3.42. The van der Waals surface area contributed by atoms with Crippen LogP contribution in [0.15, 0.2) is 36.5 Å². The largest absolute Gasteiger partial charge is 0.338 e. The van der Waals surface area contributed by atoms with Gasteiger partial charge >= 0.3 is 0 Å². The number of aryl methyl sites for hydroxylation is 1. The minimum absolute atomic E-state index is 0.141. The van der Waals surface area contributed by atoms with Gasteiger partial charge in [-0.05, 0) is 44.2 Å². The van der Waals surface area contributed by atoms with Gasteiger partial charge in [0.1, 0.15) is 0 Å². The number of nitrogens with one attached hydrogen (secondary N) is 1. The van der Waals surface area contributed by atoms with Crippen LogP contribution in [0.4, 0.5) is 0 Å². The van der Waals surface area contributed by atoms with Crippen LogP contribution in [0, 0.1) is 0 Å². The first-order valence-electron chi connectivity index (χ1n) is 10.2. The summed E-state index contributed by atoms with van der Waals surface area (Å²) in [6.45, 7) is 4.90. The van der Waals surface area contributed by atoms with E-state index in [1.807, 2.05) is 4.90 Å². The summed E-state index contributed by atoms with van der Waals surface area (Å²) in [6, 6.07) is 10.9. The van der Waals surface area contributed by atoms with Crippen molar-refractivity contribution in [3.05, 3.63) is 53.3 Å². The second-order valence-corrected chi connectivity index (χ2v) is 8.22. The number of amides is 1. The van der Waals surface area contributed by atoms with Crippen molar-refractivity contribution in [3.63, 3.8) is 0 Å². The SMILES string of the molecule is CCCc1[nH]ncc1C(=O)N1CCC2(CC1)CC(c1ccccc1)CN2C. The van der Waals surface area contributed by atoms with Gasteiger partial charge in [-0.3, -0.25) is 14.8 Å². The Bertz CT molecular complexity index is 777. The fourth-order valence-electron chi connectivity index (χ4n) is 4.97. The molecule has 2 aliphatic rings. The Kier molecular flexibility index (Phi) is 5.04. The second-order valence-electron chi connectivity index (χ2n) is 8.22. The molecule has 1 atom stereocenters. The molecule has 1 unspecified atom stereocenters. The van der Waals surface area contributed by atoms with Crippen molar-refractivity contribution in [1.82, 2.24) is 20.0 Å². The molecule has 0 bridgehead atoms. The van der Waals surface area contributed by atoms with Crippen molar-refractivity contribution >= 4 is 5.91 Å². The number of hydrogen-bond donors (Lipinski definition) is 1. The molecule has 4 rings (SSSR count). The molecule has 1 spiro atoms. The van der Waals surface area contributed by atoms with Gasteiger partial charge in [-0.25, -0.2) is 0 Å². The van der Waals surface area contributed by atoms with E-state index in [4.69, 9.17) is 0 Å². The summed E-state index contributed by atoms with van der Waals surface area (Å²) in [4.78, 5) is 17.6. The van der Waals surface area contributed by atoms with E-state index >= 15 is 0 Å². The van der Waals surface area contributed by atoms with Gasteiger partial charge in [0.05, 0.1) is 11.8 Å². The van der Waals surface area contributed by atoms with Crippen molar-refractivity contribution in [1.29, 1.82) is 0 Å². The third-order valence-corrected chi connectivity index (χ3v) is 6.63. The normalized spacial score (nSPS) is 22.4. The maximum absolute atomic E-state index is 13.0. The van der Waals surface area contributed by atoms with E-state index < -0.39 is 0 Å². The highest BCUT2D eigenvalue weighted by molar-refractivity contribution is 5.95. The Hall–Kier alpha value is -2.14. The standard InChI is InChI=1S/C22H30N4O/c1-3-7-20-19(15-23-24-20)21(27)26-12-10-22(11-13-26)14-18(16-25(22)2)17-8-5-4-6-9-17/h4-6,8-9,15,18H,3,7,10-14,16H2,1-2H3,(H,23,24). The van der Waals surface area contributed by atoms with Gasteiger partial charge in [-0.1, -0.05) is 43.7 Å². The summed E-state index contributed by atoms with van der Waals surface area (Å²) < 4.78 is 0. The number of piperidine rings is 1. The van der Waals surface area contributed by atoms with Gasteiger partial charge in [-0.2, -0.15) is 5.10 Å². The van der Waals surface area contributed by atoms with Gasteiger partial charge in [0.15, 0.2) is 0 Å². The van der Waals surface area contributed by atoms with Gasteiger partial charge in [0.2, 0.25) is 0 Å². The summed E-state index contributed by atoms with van der Waals surface area (Å²) in [6.07, 6.45) is 6.89. The molecule has 2 fully saturated rings.